The van der Waals surface area contributed by atoms with Gasteiger partial charge >= 0.3 is 0 Å². The summed E-state index contributed by atoms with van der Waals surface area (Å²) < 4.78 is 5.54. The summed E-state index contributed by atoms with van der Waals surface area (Å²) in [5.41, 5.74) is 12.0. The molecule has 0 aliphatic carbocycles. The van der Waals surface area contributed by atoms with Crippen LogP contribution in [0, 0.1) is 13.8 Å². The van der Waals surface area contributed by atoms with Crippen LogP contribution < -0.4 is 10.7 Å². The standard InChI is InChI=1S/C34H44N4O4/c1-8-21-19(5)27(16-31-23(10-3)25(12-14-39)33(41)37-31)35-29(21)18-30-22(9-2)20(6)28(36-30)17-32-24(11-4)26(13-15-40)34(38-32)42-7/h16-18,35-36,39-40H,8-15H2,1-7H3/b27-16-,29-18+,32-17-. The molecule has 4 N–H and O–H groups in total. The Kier molecular flexibility index (Phi) is 10.0. The Morgan fingerprint density at radius 1 is 0.714 bits per heavy atom. The molecule has 224 valence electrons. The first-order valence-corrected chi connectivity index (χ1v) is 15.0. The Hall–Kier alpha value is -3.75. The van der Waals surface area contributed by atoms with E-state index in [1.165, 1.54) is 16.7 Å². The molecule has 0 aromatic carbocycles. The maximum absolute atomic E-state index is 12.5. The van der Waals surface area contributed by atoms with Crippen molar-refractivity contribution in [1.29, 1.82) is 0 Å². The predicted octanol–water partition coefficient (Wildman–Crippen LogP) is 4.25. The van der Waals surface area contributed by atoms with E-state index in [1.807, 2.05) is 13.0 Å². The molecule has 8 heteroatoms. The number of rotatable bonds is 11. The lowest BCUT2D eigenvalue weighted by molar-refractivity contribution is -0.114. The van der Waals surface area contributed by atoms with E-state index in [0.717, 1.165) is 69.3 Å². The molecule has 8 nitrogen and oxygen atoms in total. The molecule has 2 aromatic rings. The Balaban J connectivity index is 1.83. The van der Waals surface area contributed by atoms with Crippen molar-refractivity contribution in [3.8, 4) is 0 Å². The van der Waals surface area contributed by atoms with Crippen LogP contribution in [0.25, 0.3) is 18.2 Å². The van der Waals surface area contributed by atoms with Crippen LogP contribution in [0.5, 0.6) is 0 Å². The van der Waals surface area contributed by atoms with Gasteiger partial charge in [-0.3, -0.25) is 4.79 Å². The average molecular weight is 573 g/mol. The lowest BCUT2D eigenvalue weighted by Gasteiger charge is -2.06. The van der Waals surface area contributed by atoms with Crippen LogP contribution in [0.2, 0.25) is 0 Å². The minimum Gasteiger partial charge on any atom is -0.481 e. The molecular formula is C34H44N4O4. The number of aliphatic imine (C=N–C) groups is 2. The molecule has 0 spiro atoms. The van der Waals surface area contributed by atoms with Gasteiger partial charge in [-0.25, -0.2) is 9.98 Å². The molecule has 0 radical (unpaired) electrons. The molecule has 2 aliphatic heterocycles. The Labute approximate surface area is 248 Å². The zero-order valence-corrected chi connectivity index (χ0v) is 26.0. The molecule has 2 aromatic heterocycles. The smallest absolute Gasteiger partial charge is 0.273 e. The van der Waals surface area contributed by atoms with Crippen LogP contribution in [0.15, 0.2) is 38.0 Å². The number of hydrogen-bond acceptors (Lipinski definition) is 5. The number of H-pyrrole nitrogens is 2. The number of aromatic amines is 2. The number of carbonyl (C=O) groups excluding carboxylic acids is 1. The molecule has 0 fully saturated rings. The first-order chi connectivity index (χ1) is 20.3. The van der Waals surface area contributed by atoms with Gasteiger partial charge in [0.05, 0.1) is 18.5 Å². The largest absolute Gasteiger partial charge is 0.481 e. The molecule has 0 saturated carbocycles. The molecular weight excluding hydrogens is 528 g/mol. The number of aromatic nitrogens is 2. The van der Waals surface area contributed by atoms with Crippen molar-refractivity contribution < 1.29 is 19.7 Å². The Morgan fingerprint density at radius 2 is 1.38 bits per heavy atom. The van der Waals surface area contributed by atoms with Gasteiger partial charge in [0.1, 0.15) is 0 Å². The van der Waals surface area contributed by atoms with Gasteiger partial charge in [-0.15, -0.1) is 0 Å². The summed E-state index contributed by atoms with van der Waals surface area (Å²) in [5.74, 6) is 0.332. The lowest BCUT2D eigenvalue weighted by atomic mass is 10.0. The second-order valence-corrected chi connectivity index (χ2v) is 10.6. The highest BCUT2D eigenvalue weighted by atomic mass is 16.5. The fraction of sp³-hybridized carbons (Fsp3) is 0.441. The van der Waals surface area contributed by atoms with E-state index >= 15 is 0 Å². The summed E-state index contributed by atoms with van der Waals surface area (Å²) in [7, 11) is 1.62. The molecule has 0 saturated heterocycles. The lowest BCUT2D eigenvalue weighted by Crippen LogP contribution is -2.14. The van der Waals surface area contributed by atoms with Gasteiger partial charge in [0.25, 0.3) is 5.91 Å². The zero-order valence-electron chi connectivity index (χ0n) is 26.0. The number of aliphatic hydroxyl groups excluding tert-OH is 2. The second-order valence-electron chi connectivity index (χ2n) is 10.6. The van der Waals surface area contributed by atoms with Crippen LogP contribution >= 0.6 is 0 Å². The maximum Gasteiger partial charge on any atom is 0.273 e. The molecule has 42 heavy (non-hydrogen) atoms. The molecule has 0 bridgehead atoms. The minimum absolute atomic E-state index is 0.0490. The summed E-state index contributed by atoms with van der Waals surface area (Å²) in [4.78, 5) is 28.8. The average Bonchev–Trinajstić information content (AvgIpc) is 3.66. The van der Waals surface area contributed by atoms with Crippen LogP contribution in [0.4, 0.5) is 0 Å². The molecule has 4 heterocycles. The highest BCUT2D eigenvalue weighted by Crippen LogP contribution is 2.33. The summed E-state index contributed by atoms with van der Waals surface area (Å²) in [6, 6.07) is 0. The van der Waals surface area contributed by atoms with Gasteiger partial charge in [-0.1, -0.05) is 27.7 Å². The number of carbonyl (C=O) groups is 1. The fourth-order valence-corrected chi connectivity index (χ4v) is 6.21. The predicted molar refractivity (Wildman–Crippen MR) is 170 cm³/mol. The zero-order chi connectivity index (χ0) is 30.6. The molecule has 4 rings (SSSR count). The van der Waals surface area contributed by atoms with E-state index < -0.39 is 0 Å². The highest BCUT2D eigenvalue weighted by Gasteiger charge is 2.25. The van der Waals surface area contributed by atoms with Gasteiger partial charge in [0, 0.05) is 59.3 Å². The highest BCUT2D eigenvalue weighted by molar-refractivity contribution is 6.31. The van der Waals surface area contributed by atoms with Gasteiger partial charge in [-0.05, 0) is 91.2 Å². The quantitative estimate of drug-likeness (QED) is 0.321. The first-order valence-electron chi connectivity index (χ1n) is 15.0. The van der Waals surface area contributed by atoms with E-state index in [9.17, 15) is 15.0 Å². The monoisotopic (exact) mass is 572 g/mol. The number of aliphatic hydroxyl groups is 2. The number of allylic oxidation sites excluding steroid dienone is 2. The van der Waals surface area contributed by atoms with Crippen LogP contribution in [0.1, 0.15) is 87.0 Å². The third-order valence-corrected chi connectivity index (χ3v) is 8.39. The van der Waals surface area contributed by atoms with Crippen molar-refractivity contribution in [3.05, 3.63) is 72.3 Å². The fourth-order valence-electron chi connectivity index (χ4n) is 6.21. The van der Waals surface area contributed by atoms with E-state index in [4.69, 9.17) is 9.73 Å². The van der Waals surface area contributed by atoms with Crippen molar-refractivity contribution in [3.63, 3.8) is 0 Å². The van der Waals surface area contributed by atoms with Crippen molar-refractivity contribution in [2.75, 3.05) is 20.3 Å². The van der Waals surface area contributed by atoms with Crippen LogP contribution in [-0.2, 0) is 22.4 Å². The van der Waals surface area contributed by atoms with Gasteiger partial charge < -0.3 is 24.9 Å². The van der Waals surface area contributed by atoms with Crippen LogP contribution in [0.3, 0.4) is 0 Å². The van der Waals surface area contributed by atoms with E-state index in [-0.39, 0.29) is 19.1 Å². The number of nitrogens with one attached hydrogen (secondary N) is 2. The summed E-state index contributed by atoms with van der Waals surface area (Å²) in [5, 5.41) is 21.0. The van der Waals surface area contributed by atoms with Gasteiger partial charge in [0.15, 0.2) is 0 Å². The number of ether oxygens (including phenoxy) is 1. The van der Waals surface area contributed by atoms with Crippen molar-refractivity contribution in [2.24, 2.45) is 9.98 Å². The number of amides is 1. The topological polar surface area (TPSA) is 123 Å². The van der Waals surface area contributed by atoms with Gasteiger partial charge in [0.2, 0.25) is 5.90 Å². The third-order valence-electron chi connectivity index (χ3n) is 8.39. The van der Waals surface area contributed by atoms with Crippen molar-refractivity contribution in [1.82, 2.24) is 9.97 Å². The number of nitrogens with zero attached hydrogens (tertiary/aromatic N) is 2. The molecule has 0 atom stereocenters. The Bertz CT molecular complexity index is 1660. The van der Waals surface area contributed by atoms with Crippen LogP contribution in [-0.4, -0.2) is 58.0 Å². The summed E-state index contributed by atoms with van der Waals surface area (Å²) in [6.45, 7) is 12.6. The summed E-state index contributed by atoms with van der Waals surface area (Å²) in [6.07, 6.45) is 10.3. The first kappa shape index (κ1) is 31.2. The molecule has 1 amide bonds. The third kappa shape index (κ3) is 5.78. The number of hydrogen-bond donors (Lipinski definition) is 4. The van der Waals surface area contributed by atoms with E-state index in [0.29, 0.717) is 36.4 Å². The van der Waals surface area contributed by atoms with E-state index in [2.05, 4.69) is 61.7 Å². The van der Waals surface area contributed by atoms with Crippen molar-refractivity contribution >= 4 is 35.7 Å². The molecule has 2 aliphatic rings. The molecule has 0 unspecified atom stereocenters. The van der Waals surface area contributed by atoms with Gasteiger partial charge in [-0.2, -0.15) is 0 Å². The van der Waals surface area contributed by atoms with E-state index in [1.54, 1.807) is 7.11 Å². The summed E-state index contributed by atoms with van der Waals surface area (Å²) >= 11 is 0. The van der Waals surface area contributed by atoms with Crippen molar-refractivity contribution in [2.45, 2.75) is 80.1 Å². The number of methoxy groups -OCH3 is 1. The maximum atomic E-state index is 12.5. The SMILES string of the molecule is CCC1=C(CCO)C(=O)N=C1/C=c1\[nH]/c(=C/c2[nH]c(/C=C3\N=C(OC)C(CCO)=C3CC)c(C)c2CC)c(CC)c1C. The normalized spacial score (nSPS) is 17.5. The minimum atomic E-state index is -0.247. The Morgan fingerprint density at radius 3 is 1.98 bits per heavy atom. The second kappa shape index (κ2) is 13.5.